The fraction of sp³-hybridized carbons (Fsp3) is 0.125. The first-order valence-corrected chi connectivity index (χ1v) is 11.5. The molecule has 6 nitrogen and oxygen atoms in total. The molecule has 31 heavy (non-hydrogen) atoms. The van der Waals surface area contributed by atoms with Crippen molar-refractivity contribution in [2.45, 2.75) is 6.42 Å². The van der Waals surface area contributed by atoms with Crippen molar-refractivity contribution in [3.05, 3.63) is 104 Å². The minimum atomic E-state index is -3.76. The number of benzene rings is 3. The summed E-state index contributed by atoms with van der Waals surface area (Å²) in [5.41, 5.74) is 0. The lowest BCUT2D eigenvalue weighted by molar-refractivity contribution is -0.138. The molecule has 0 saturated heterocycles. The van der Waals surface area contributed by atoms with E-state index in [1.165, 1.54) is 0 Å². The summed E-state index contributed by atoms with van der Waals surface area (Å²) in [4.78, 5) is 11.2. The summed E-state index contributed by atoms with van der Waals surface area (Å²) < 4.78 is 29.8. The molecule has 3 rings (SSSR count). The summed E-state index contributed by atoms with van der Waals surface area (Å²) >= 11 is 0. The first-order chi connectivity index (χ1) is 15.2. The van der Waals surface area contributed by atoms with Crippen molar-refractivity contribution < 1.29 is 27.2 Å². The molecule has 0 radical (unpaired) electrons. The van der Waals surface area contributed by atoms with Crippen LogP contribution in [0.4, 0.5) is 0 Å². The van der Waals surface area contributed by atoms with Crippen LogP contribution in [0.2, 0.25) is 0 Å². The lowest BCUT2D eigenvalue weighted by atomic mass is 10.3. The zero-order valence-electron chi connectivity index (χ0n) is 17.0. The molecule has 0 saturated carbocycles. The molecule has 0 aliphatic heterocycles. The molecule has 3 aromatic carbocycles. The van der Waals surface area contributed by atoms with Gasteiger partial charge in [0.05, 0.1) is 6.61 Å². The van der Waals surface area contributed by atoms with Crippen LogP contribution in [0.25, 0.3) is 0 Å². The second-order valence-electron chi connectivity index (χ2n) is 6.32. The number of ether oxygens (including phenoxy) is 1. The van der Waals surface area contributed by atoms with E-state index in [1.54, 1.807) is 36.4 Å². The Balaban J connectivity index is 1.83. The molecule has 0 atom stereocenters. The summed E-state index contributed by atoms with van der Waals surface area (Å²) in [6.45, 7) is 3.76. The molecular weight excluding hydrogens is 412 g/mol. The van der Waals surface area contributed by atoms with Crippen LogP contribution in [-0.4, -0.2) is 28.2 Å². The summed E-state index contributed by atoms with van der Waals surface area (Å²) in [6, 6.07) is 27.6. The van der Waals surface area contributed by atoms with Crippen molar-refractivity contribution in [1.82, 2.24) is 0 Å². The van der Waals surface area contributed by atoms with E-state index < -0.39 is 15.0 Å². The predicted octanol–water partition coefficient (Wildman–Crippen LogP) is 4.79. The molecule has 7 heteroatoms. The molecule has 0 heterocycles. The average Bonchev–Trinajstić information content (AvgIpc) is 2.80. The Morgan fingerprint density at radius 3 is 1.52 bits per heavy atom. The molecule has 0 aromatic heterocycles. The van der Waals surface area contributed by atoms with E-state index >= 15 is 0 Å². The topological polar surface area (TPSA) is 63.2 Å². The molecular formula is C24H24O6Si. The Bertz CT molecular complexity index is 833. The molecule has 0 unspecified atom stereocenters. The fourth-order valence-corrected chi connectivity index (χ4v) is 4.51. The summed E-state index contributed by atoms with van der Waals surface area (Å²) in [5, 5.41) is 0. The van der Waals surface area contributed by atoms with Crippen molar-refractivity contribution in [2.24, 2.45) is 0 Å². The molecule has 3 aromatic rings. The first kappa shape index (κ1) is 22.1. The van der Waals surface area contributed by atoms with Crippen molar-refractivity contribution in [3.63, 3.8) is 0 Å². The van der Waals surface area contributed by atoms with Crippen LogP contribution in [0.3, 0.4) is 0 Å². The van der Waals surface area contributed by atoms with Crippen molar-refractivity contribution in [3.8, 4) is 17.2 Å². The van der Waals surface area contributed by atoms with Crippen molar-refractivity contribution in [1.29, 1.82) is 0 Å². The van der Waals surface area contributed by atoms with Gasteiger partial charge in [-0.3, -0.25) is 0 Å². The second-order valence-corrected chi connectivity index (χ2v) is 8.22. The normalized spacial score (nSPS) is 10.7. The van der Waals surface area contributed by atoms with Crippen LogP contribution in [0.1, 0.15) is 6.42 Å². The third-order valence-corrected chi connectivity index (χ3v) is 5.95. The summed E-state index contributed by atoms with van der Waals surface area (Å²) in [6.07, 6.45) is 1.55. The van der Waals surface area contributed by atoms with Gasteiger partial charge in [0.1, 0.15) is 17.2 Å². The molecule has 0 spiro atoms. The monoisotopic (exact) mass is 436 g/mol. The predicted molar refractivity (Wildman–Crippen MR) is 119 cm³/mol. The lowest BCUT2D eigenvalue weighted by Crippen LogP contribution is -2.58. The SMILES string of the molecule is C=CC(=O)OCCCO[Si](Oc1ccccc1)(Oc1ccccc1)Oc1ccccc1. The van der Waals surface area contributed by atoms with Crippen LogP contribution in [0.5, 0.6) is 17.2 Å². The van der Waals surface area contributed by atoms with Gasteiger partial charge in [0.15, 0.2) is 0 Å². The van der Waals surface area contributed by atoms with E-state index in [0.29, 0.717) is 23.7 Å². The quantitative estimate of drug-likeness (QED) is 0.176. The average molecular weight is 437 g/mol. The van der Waals surface area contributed by atoms with Gasteiger partial charge in [-0.2, -0.15) is 0 Å². The van der Waals surface area contributed by atoms with Gasteiger partial charge in [-0.1, -0.05) is 61.2 Å². The molecule has 0 aliphatic rings. The van der Waals surface area contributed by atoms with E-state index in [2.05, 4.69) is 6.58 Å². The first-order valence-electron chi connectivity index (χ1n) is 9.84. The van der Waals surface area contributed by atoms with Crippen LogP contribution in [0, 0.1) is 0 Å². The number of esters is 1. The van der Waals surface area contributed by atoms with Gasteiger partial charge >= 0.3 is 15.0 Å². The standard InChI is InChI=1S/C24H24O6Si/c1-2-24(25)26-19-12-20-27-31(28-21-13-6-3-7-14-21,29-22-15-8-4-9-16-22)30-23-17-10-5-11-18-23/h2-11,13-18H,1,12,19-20H2. The van der Waals surface area contributed by atoms with E-state index in [0.717, 1.165) is 6.08 Å². The number of carbonyl (C=O) groups is 1. The van der Waals surface area contributed by atoms with E-state index in [9.17, 15) is 4.79 Å². The number of para-hydroxylation sites is 3. The van der Waals surface area contributed by atoms with E-state index in [-0.39, 0.29) is 13.2 Å². The van der Waals surface area contributed by atoms with Crippen LogP contribution in [0.15, 0.2) is 104 Å². The van der Waals surface area contributed by atoms with Crippen molar-refractivity contribution in [2.75, 3.05) is 13.2 Å². The third-order valence-electron chi connectivity index (χ3n) is 3.94. The van der Waals surface area contributed by atoms with Crippen LogP contribution < -0.4 is 13.3 Å². The number of hydrogen-bond acceptors (Lipinski definition) is 6. The molecule has 0 aliphatic carbocycles. The van der Waals surface area contributed by atoms with Gasteiger partial charge in [-0.25, -0.2) is 4.79 Å². The van der Waals surface area contributed by atoms with Gasteiger partial charge in [0, 0.05) is 19.1 Å². The highest BCUT2D eigenvalue weighted by atomic mass is 28.4. The minimum absolute atomic E-state index is 0.178. The van der Waals surface area contributed by atoms with Crippen LogP contribution in [-0.2, 0) is 14.0 Å². The molecule has 160 valence electrons. The number of hydrogen-bond donors (Lipinski definition) is 0. The summed E-state index contributed by atoms with van der Waals surface area (Å²) in [7, 11) is -3.76. The Hall–Kier alpha value is -3.55. The summed E-state index contributed by atoms with van der Waals surface area (Å²) in [5.74, 6) is 1.18. The maximum absolute atomic E-state index is 11.2. The Kier molecular flexibility index (Phi) is 8.27. The zero-order valence-corrected chi connectivity index (χ0v) is 18.0. The van der Waals surface area contributed by atoms with Crippen LogP contribution >= 0.6 is 0 Å². The molecule has 0 amide bonds. The second kappa shape index (κ2) is 11.6. The molecule has 0 fully saturated rings. The highest BCUT2D eigenvalue weighted by Gasteiger charge is 2.55. The zero-order chi connectivity index (χ0) is 21.8. The Morgan fingerprint density at radius 1 is 0.710 bits per heavy atom. The molecule has 0 bridgehead atoms. The highest BCUT2D eigenvalue weighted by Crippen LogP contribution is 2.25. The fourth-order valence-electron chi connectivity index (χ4n) is 2.54. The maximum Gasteiger partial charge on any atom is 0.893 e. The number of carbonyl (C=O) groups excluding carboxylic acids is 1. The smallest absolute Gasteiger partial charge is 0.462 e. The molecule has 0 N–H and O–H groups in total. The van der Waals surface area contributed by atoms with Gasteiger partial charge in [-0.15, -0.1) is 0 Å². The number of rotatable bonds is 12. The minimum Gasteiger partial charge on any atom is -0.462 e. The third kappa shape index (κ3) is 7.33. The Labute approximate surface area is 183 Å². The van der Waals surface area contributed by atoms with Gasteiger partial charge in [-0.05, 0) is 36.4 Å². The maximum atomic E-state index is 11.2. The lowest BCUT2D eigenvalue weighted by Gasteiger charge is -2.28. The van der Waals surface area contributed by atoms with Gasteiger partial charge in [0.25, 0.3) is 0 Å². The highest BCUT2D eigenvalue weighted by molar-refractivity contribution is 6.56. The van der Waals surface area contributed by atoms with Gasteiger partial charge in [0.2, 0.25) is 0 Å². The van der Waals surface area contributed by atoms with E-state index in [4.69, 9.17) is 22.4 Å². The largest absolute Gasteiger partial charge is 0.893 e. The van der Waals surface area contributed by atoms with Gasteiger partial charge < -0.3 is 22.4 Å². The Morgan fingerprint density at radius 2 is 1.13 bits per heavy atom. The van der Waals surface area contributed by atoms with Crippen molar-refractivity contribution >= 4 is 15.0 Å². The van der Waals surface area contributed by atoms with E-state index in [1.807, 2.05) is 54.6 Å².